The lowest BCUT2D eigenvalue weighted by atomic mass is 9.82. The highest BCUT2D eigenvalue weighted by Crippen LogP contribution is 2.31. The molecule has 1 saturated carbocycles. The lowest BCUT2D eigenvalue weighted by Gasteiger charge is -2.44. The summed E-state index contributed by atoms with van der Waals surface area (Å²) in [5.41, 5.74) is 6.49. The molecule has 0 bridgehead atoms. The molecular formula is C16H33N3. The van der Waals surface area contributed by atoms with Crippen molar-refractivity contribution >= 4 is 0 Å². The Bertz CT molecular complexity index is 259. The highest BCUT2D eigenvalue weighted by Gasteiger charge is 2.35. The Kier molecular flexibility index (Phi) is 5.67. The van der Waals surface area contributed by atoms with Crippen molar-refractivity contribution in [2.45, 2.75) is 69.4 Å². The Morgan fingerprint density at radius 3 is 2.26 bits per heavy atom. The predicted molar refractivity (Wildman–Crippen MR) is 82.4 cm³/mol. The van der Waals surface area contributed by atoms with Gasteiger partial charge in [0.1, 0.15) is 0 Å². The molecule has 0 amide bonds. The molecule has 2 N–H and O–H groups in total. The molecule has 0 aromatic heterocycles. The summed E-state index contributed by atoms with van der Waals surface area (Å²) in [4.78, 5) is 5.15. The van der Waals surface area contributed by atoms with Crippen LogP contribution in [0.4, 0.5) is 0 Å². The first-order valence-electron chi connectivity index (χ1n) is 8.29. The molecule has 3 heteroatoms. The summed E-state index contributed by atoms with van der Waals surface area (Å²) in [5, 5.41) is 0. The van der Waals surface area contributed by atoms with E-state index >= 15 is 0 Å². The van der Waals surface area contributed by atoms with Crippen LogP contribution in [0.3, 0.4) is 0 Å². The molecular weight excluding hydrogens is 234 g/mol. The molecule has 1 unspecified atom stereocenters. The molecule has 1 aliphatic heterocycles. The number of likely N-dealkylation sites (N-methyl/N-ethyl adjacent to an activating group) is 2. The quantitative estimate of drug-likeness (QED) is 0.849. The number of nitrogens with zero attached hydrogens (tertiary/aromatic N) is 2. The van der Waals surface area contributed by atoms with Crippen LogP contribution in [0.25, 0.3) is 0 Å². The monoisotopic (exact) mass is 267 g/mol. The van der Waals surface area contributed by atoms with E-state index in [1.165, 1.54) is 70.9 Å². The van der Waals surface area contributed by atoms with E-state index in [0.29, 0.717) is 0 Å². The van der Waals surface area contributed by atoms with Gasteiger partial charge in [0.15, 0.2) is 0 Å². The van der Waals surface area contributed by atoms with Gasteiger partial charge in [-0.15, -0.1) is 0 Å². The summed E-state index contributed by atoms with van der Waals surface area (Å²) < 4.78 is 0. The molecule has 3 nitrogen and oxygen atoms in total. The molecule has 19 heavy (non-hydrogen) atoms. The maximum Gasteiger partial charge on any atom is 0.0329 e. The van der Waals surface area contributed by atoms with E-state index in [9.17, 15) is 0 Å². The number of likely N-dealkylation sites (tertiary alicyclic amines) is 1. The number of nitrogens with two attached hydrogens (primary N) is 1. The number of rotatable bonds is 4. The summed E-state index contributed by atoms with van der Waals surface area (Å²) >= 11 is 0. The van der Waals surface area contributed by atoms with Crippen LogP contribution in [0.5, 0.6) is 0 Å². The molecule has 2 aliphatic rings. The van der Waals surface area contributed by atoms with Crippen molar-refractivity contribution in [3.05, 3.63) is 0 Å². The Morgan fingerprint density at radius 2 is 1.74 bits per heavy atom. The second kappa shape index (κ2) is 7.05. The van der Waals surface area contributed by atoms with Crippen LogP contribution in [0, 0.1) is 0 Å². The SMILES string of the molecule is CN1CCCC1CN(C)C1(CN)CCCCCCC1. The van der Waals surface area contributed by atoms with Crippen LogP contribution in [-0.2, 0) is 0 Å². The Morgan fingerprint density at radius 1 is 1.11 bits per heavy atom. The Hall–Kier alpha value is -0.120. The van der Waals surface area contributed by atoms with Crippen LogP contribution in [0.15, 0.2) is 0 Å². The fourth-order valence-electron chi connectivity index (χ4n) is 4.02. The second-order valence-corrected chi connectivity index (χ2v) is 6.85. The number of hydrogen-bond donors (Lipinski definition) is 1. The largest absolute Gasteiger partial charge is 0.329 e. The van der Waals surface area contributed by atoms with Gasteiger partial charge in [-0.05, 0) is 46.3 Å². The van der Waals surface area contributed by atoms with Gasteiger partial charge in [-0.1, -0.05) is 32.1 Å². The average Bonchev–Trinajstić information content (AvgIpc) is 2.75. The third-order valence-corrected chi connectivity index (χ3v) is 5.63. The molecule has 0 aromatic rings. The zero-order valence-electron chi connectivity index (χ0n) is 13.0. The lowest BCUT2D eigenvalue weighted by molar-refractivity contribution is 0.0709. The molecule has 1 saturated heterocycles. The predicted octanol–water partition coefficient (Wildman–Crippen LogP) is 2.45. The molecule has 1 atom stereocenters. The molecule has 0 aromatic carbocycles. The van der Waals surface area contributed by atoms with Crippen LogP contribution in [-0.4, -0.2) is 55.1 Å². The van der Waals surface area contributed by atoms with Gasteiger partial charge in [0, 0.05) is 24.7 Å². The number of hydrogen-bond acceptors (Lipinski definition) is 3. The molecule has 112 valence electrons. The Labute approximate surface area is 119 Å². The smallest absolute Gasteiger partial charge is 0.0329 e. The minimum absolute atomic E-state index is 0.282. The third-order valence-electron chi connectivity index (χ3n) is 5.63. The first kappa shape index (κ1) is 15.3. The van der Waals surface area contributed by atoms with Gasteiger partial charge in [0.05, 0.1) is 0 Å². The summed E-state index contributed by atoms with van der Waals surface area (Å²) in [7, 11) is 4.60. The van der Waals surface area contributed by atoms with Crippen molar-refractivity contribution in [1.29, 1.82) is 0 Å². The maximum atomic E-state index is 6.21. The summed E-state index contributed by atoms with van der Waals surface area (Å²) in [6.07, 6.45) is 12.3. The highest BCUT2D eigenvalue weighted by molar-refractivity contribution is 4.93. The van der Waals surface area contributed by atoms with Crippen LogP contribution in [0.1, 0.15) is 57.8 Å². The zero-order valence-corrected chi connectivity index (χ0v) is 13.0. The van der Waals surface area contributed by atoms with E-state index in [1.54, 1.807) is 0 Å². The molecule has 1 heterocycles. The van der Waals surface area contributed by atoms with Gasteiger partial charge in [0.2, 0.25) is 0 Å². The van der Waals surface area contributed by atoms with Crippen LogP contribution < -0.4 is 5.73 Å². The van der Waals surface area contributed by atoms with Crippen molar-refractivity contribution in [1.82, 2.24) is 9.80 Å². The third kappa shape index (κ3) is 3.71. The van der Waals surface area contributed by atoms with E-state index in [0.717, 1.165) is 12.6 Å². The van der Waals surface area contributed by atoms with Gasteiger partial charge < -0.3 is 10.6 Å². The van der Waals surface area contributed by atoms with Gasteiger partial charge in [0.25, 0.3) is 0 Å². The van der Waals surface area contributed by atoms with Crippen LogP contribution >= 0.6 is 0 Å². The van der Waals surface area contributed by atoms with E-state index in [1.807, 2.05) is 0 Å². The molecule has 2 fully saturated rings. The first-order valence-corrected chi connectivity index (χ1v) is 8.29. The maximum absolute atomic E-state index is 6.21. The van der Waals surface area contributed by atoms with Gasteiger partial charge in [-0.25, -0.2) is 0 Å². The minimum atomic E-state index is 0.282. The molecule has 0 spiro atoms. The fourth-order valence-corrected chi connectivity index (χ4v) is 4.02. The van der Waals surface area contributed by atoms with E-state index in [-0.39, 0.29) is 5.54 Å². The first-order chi connectivity index (χ1) is 9.18. The van der Waals surface area contributed by atoms with E-state index in [4.69, 9.17) is 5.73 Å². The van der Waals surface area contributed by atoms with E-state index in [2.05, 4.69) is 23.9 Å². The van der Waals surface area contributed by atoms with E-state index < -0.39 is 0 Å². The lowest BCUT2D eigenvalue weighted by Crippen LogP contribution is -2.55. The zero-order chi connectivity index (χ0) is 13.7. The highest BCUT2D eigenvalue weighted by atomic mass is 15.2. The van der Waals surface area contributed by atoms with Crippen molar-refractivity contribution < 1.29 is 0 Å². The van der Waals surface area contributed by atoms with Crippen molar-refractivity contribution in [2.24, 2.45) is 5.73 Å². The van der Waals surface area contributed by atoms with Gasteiger partial charge >= 0.3 is 0 Å². The normalized spacial score (nSPS) is 29.4. The van der Waals surface area contributed by atoms with Gasteiger partial charge in [-0.2, -0.15) is 0 Å². The van der Waals surface area contributed by atoms with Crippen LogP contribution in [0.2, 0.25) is 0 Å². The second-order valence-electron chi connectivity index (χ2n) is 6.85. The van der Waals surface area contributed by atoms with Crippen molar-refractivity contribution in [2.75, 3.05) is 33.7 Å². The standard InChI is InChI=1S/C16H33N3/c1-18-12-8-9-15(18)13-19(2)16(14-17)10-6-4-3-5-7-11-16/h15H,3-14,17H2,1-2H3. The topological polar surface area (TPSA) is 32.5 Å². The van der Waals surface area contributed by atoms with Crippen molar-refractivity contribution in [3.8, 4) is 0 Å². The average molecular weight is 267 g/mol. The molecule has 2 rings (SSSR count). The summed E-state index contributed by atoms with van der Waals surface area (Å²) in [6.45, 7) is 3.31. The van der Waals surface area contributed by atoms with Crippen molar-refractivity contribution in [3.63, 3.8) is 0 Å². The Balaban J connectivity index is 1.97. The minimum Gasteiger partial charge on any atom is -0.329 e. The summed E-state index contributed by atoms with van der Waals surface area (Å²) in [6, 6.07) is 0.749. The molecule has 0 radical (unpaired) electrons. The fraction of sp³-hybridized carbons (Fsp3) is 1.00. The van der Waals surface area contributed by atoms with Gasteiger partial charge in [-0.3, -0.25) is 4.90 Å². The molecule has 1 aliphatic carbocycles. The summed E-state index contributed by atoms with van der Waals surface area (Å²) in [5.74, 6) is 0.